The van der Waals surface area contributed by atoms with Crippen molar-refractivity contribution in [3.05, 3.63) is 34.5 Å². The molecule has 1 atom stereocenters. The van der Waals surface area contributed by atoms with E-state index in [1.54, 1.807) is 18.2 Å². The summed E-state index contributed by atoms with van der Waals surface area (Å²) in [6, 6.07) is 5.97. The number of amides is 2. The van der Waals surface area contributed by atoms with Crippen LogP contribution in [0.1, 0.15) is 23.2 Å². The third kappa shape index (κ3) is 2.71. The van der Waals surface area contributed by atoms with Crippen LogP contribution in [0.4, 0.5) is 5.82 Å². The highest BCUT2D eigenvalue weighted by Crippen LogP contribution is 2.25. The van der Waals surface area contributed by atoms with Crippen LogP contribution in [-0.2, 0) is 4.79 Å². The molecule has 2 amide bonds. The standard InChI is InChI=1S/C16H15BrN6O3/c17-11-4-3-10(26-11)15-20-13-7-8(6-12(18)23(13)21-15)16(25)22-5-1-2-9(22)14(19)24/h3-4,6-7,9H,1-2,5,18H2,(H2,19,24)/t9-/m0/s1. The highest BCUT2D eigenvalue weighted by molar-refractivity contribution is 9.10. The monoisotopic (exact) mass is 418 g/mol. The van der Waals surface area contributed by atoms with Crippen molar-refractivity contribution in [1.82, 2.24) is 19.5 Å². The Balaban J connectivity index is 1.72. The largest absolute Gasteiger partial charge is 0.446 e. The Kier molecular flexibility index (Phi) is 3.91. The average molecular weight is 419 g/mol. The topological polar surface area (TPSA) is 133 Å². The van der Waals surface area contributed by atoms with Crippen LogP contribution in [0.25, 0.3) is 17.2 Å². The Morgan fingerprint density at radius 3 is 2.81 bits per heavy atom. The molecule has 3 aromatic rings. The van der Waals surface area contributed by atoms with Crippen LogP contribution >= 0.6 is 15.9 Å². The Morgan fingerprint density at radius 1 is 1.31 bits per heavy atom. The zero-order valence-electron chi connectivity index (χ0n) is 13.6. The van der Waals surface area contributed by atoms with Crippen molar-refractivity contribution in [2.24, 2.45) is 5.73 Å². The summed E-state index contributed by atoms with van der Waals surface area (Å²) in [5.74, 6) is 0.276. The van der Waals surface area contributed by atoms with Gasteiger partial charge in [-0.3, -0.25) is 9.59 Å². The van der Waals surface area contributed by atoms with Crippen molar-refractivity contribution < 1.29 is 14.0 Å². The molecule has 26 heavy (non-hydrogen) atoms. The van der Waals surface area contributed by atoms with Crippen molar-refractivity contribution in [2.75, 3.05) is 12.3 Å². The van der Waals surface area contributed by atoms with Gasteiger partial charge in [0.05, 0.1) is 0 Å². The first-order chi connectivity index (χ1) is 12.4. The van der Waals surface area contributed by atoms with Gasteiger partial charge in [-0.25, -0.2) is 4.98 Å². The van der Waals surface area contributed by atoms with Gasteiger partial charge in [0.15, 0.2) is 16.1 Å². The lowest BCUT2D eigenvalue weighted by atomic mass is 10.2. The maximum Gasteiger partial charge on any atom is 0.254 e. The fraction of sp³-hybridized carbons (Fsp3) is 0.250. The molecule has 4 heterocycles. The van der Waals surface area contributed by atoms with Gasteiger partial charge in [-0.1, -0.05) is 0 Å². The van der Waals surface area contributed by atoms with Crippen molar-refractivity contribution >= 4 is 39.2 Å². The summed E-state index contributed by atoms with van der Waals surface area (Å²) in [5.41, 5.74) is 12.2. The van der Waals surface area contributed by atoms with Gasteiger partial charge >= 0.3 is 0 Å². The van der Waals surface area contributed by atoms with Gasteiger partial charge in [0.1, 0.15) is 11.9 Å². The Labute approximate surface area is 156 Å². The van der Waals surface area contributed by atoms with E-state index in [1.807, 2.05) is 0 Å². The quantitative estimate of drug-likeness (QED) is 0.660. The number of likely N-dealkylation sites (tertiary alicyclic amines) is 1. The van der Waals surface area contributed by atoms with Crippen LogP contribution in [0.3, 0.4) is 0 Å². The van der Waals surface area contributed by atoms with E-state index in [2.05, 4.69) is 26.0 Å². The van der Waals surface area contributed by atoms with E-state index in [-0.39, 0.29) is 11.7 Å². The molecule has 0 radical (unpaired) electrons. The SMILES string of the molecule is NC(=O)[C@@H]1CCCN1C(=O)c1cc(N)n2nc(-c3ccc(Br)o3)nc2c1. The van der Waals surface area contributed by atoms with Crippen molar-refractivity contribution in [2.45, 2.75) is 18.9 Å². The molecule has 0 aliphatic carbocycles. The summed E-state index contributed by atoms with van der Waals surface area (Å²) in [6.45, 7) is 0.482. The maximum atomic E-state index is 12.8. The predicted octanol–water partition coefficient (Wildman–Crippen LogP) is 1.42. The second-order valence-electron chi connectivity index (χ2n) is 6.04. The minimum atomic E-state index is -0.589. The van der Waals surface area contributed by atoms with E-state index in [4.69, 9.17) is 15.9 Å². The van der Waals surface area contributed by atoms with E-state index in [1.165, 1.54) is 15.5 Å². The molecule has 10 heteroatoms. The minimum absolute atomic E-state index is 0.255. The lowest BCUT2D eigenvalue weighted by Gasteiger charge is -2.22. The lowest BCUT2D eigenvalue weighted by molar-refractivity contribution is -0.121. The molecule has 9 nitrogen and oxygen atoms in total. The molecule has 0 spiro atoms. The van der Waals surface area contributed by atoms with Crippen molar-refractivity contribution in [3.63, 3.8) is 0 Å². The number of nitrogens with two attached hydrogens (primary N) is 2. The molecule has 3 aromatic heterocycles. The molecule has 1 aliphatic heterocycles. The summed E-state index contributed by atoms with van der Waals surface area (Å²) in [4.78, 5) is 30.2. The van der Waals surface area contributed by atoms with Crippen LogP contribution in [0, 0.1) is 0 Å². The summed E-state index contributed by atoms with van der Waals surface area (Å²) >= 11 is 3.23. The average Bonchev–Trinajstić information content (AvgIpc) is 3.32. The first-order valence-electron chi connectivity index (χ1n) is 7.96. The van der Waals surface area contributed by atoms with Crippen molar-refractivity contribution in [3.8, 4) is 11.6 Å². The number of hydrogen-bond acceptors (Lipinski definition) is 6. The van der Waals surface area contributed by atoms with E-state index >= 15 is 0 Å². The van der Waals surface area contributed by atoms with E-state index < -0.39 is 11.9 Å². The minimum Gasteiger partial charge on any atom is -0.446 e. The number of hydrogen-bond donors (Lipinski definition) is 2. The Morgan fingerprint density at radius 2 is 2.12 bits per heavy atom. The van der Waals surface area contributed by atoms with Gasteiger partial charge < -0.3 is 20.8 Å². The predicted molar refractivity (Wildman–Crippen MR) is 96.1 cm³/mol. The number of rotatable bonds is 3. The second-order valence-corrected chi connectivity index (χ2v) is 6.82. The molecular weight excluding hydrogens is 404 g/mol. The molecule has 0 saturated carbocycles. The number of carbonyl (C=O) groups excluding carboxylic acids is 2. The van der Waals surface area contributed by atoms with Crippen LogP contribution < -0.4 is 11.5 Å². The smallest absolute Gasteiger partial charge is 0.254 e. The summed E-state index contributed by atoms with van der Waals surface area (Å²) in [5, 5.41) is 4.30. The number of pyridine rings is 1. The third-order valence-corrected chi connectivity index (χ3v) is 4.77. The zero-order valence-corrected chi connectivity index (χ0v) is 15.1. The Bertz CT molecular complexity index is 1030. The summed E-state index contributed by atoms with van der Waals surface area (Å²) in [6.07, 6.45) is 1.31. The first-order valence-corrected chi connectivity index (χ1v) is 8.75. The number of halogens is 1. The first kappa shape index (κ1) is 16.6. The number of fused-ring (bicyclic) bond motifs is 1. The van der Waals surface area contributed by atoms with Crippen LogP contribution in [0.2, 0.25) is 0 Å². The van der Waals surface area contributed by atoms with Crippen LogP contribution in [0.5, 0.6) is 0 Å². The molecule has 1 fully saturated rings. The number of anilines is 1. The van der Waals surface area contributed by atoms with Crippen molar-refractivity contribution in [1.29, 1.82) is 0 Å². The molecule has 1 aliphatic rings. The van der Waals surface area contributed by atoms with Crippen LogP contribution in [0.15, 0.2) is 33.4 Å². The molecule has 1 saturated heterocycles. The van der Waals surface area contributed by atoms with E-state index in [9.17, 15) is 9.59 Å². The second kappa shape index (κ2) is 6.13. The fourth-order valence-corrected chi connectivity index (χ4v) is 3.45. The van der Waals surface area contributed by atoms with Gasteiger partial charge in [-0.2, -0.15) is 4.52 Å². The Hall–Kier alpha value is -2.88. The van der Waals surface area contributed by atoms with Gasteiger partial charge in [0.25, 0.3) is 5.91 Å². The van der Waals surface area contributed by atoms with Gasteiger partial charge in [-0.05, 0) is 53.0 Å². The molecule has 0 bridgehead atoms. The highest BCUT2D eigenvalue weighted by Gasteiger charge is 2.33. The van der Waals surface area contributed by atoms with Crippen LogP contribution in [-0.4, -0.2) is 43.9 Å². The van der Waals surface area contributed by atoms with Gasteiger partial charge in [0, 0.05) is 12.1 Å². The van der Waals surface area contributed by atoms with Gasteiger partial charge in [-0.15, -0.1) is 5.10 Å². The number of aromatic nitrogens is 3. The number of primary amides is 1. The third-order valence-electron chi connectivity index (χ3n) is 4.35. The fourth-order valence-electron chi connectivity index (χ4n) is 3.14. The van der Waals surface area contributed by atoms with E-state index in [0.717, 1.165) is 6.42 Å². The number of nitrogen functional groups attached to an aromatic ring is 1. The molecular formula is C16H15BrN6O3. The normalized spacial score (nSPS) is 17.1. The number of furan rings is 1. The molecule has 4 N–H and O–H groups in total. The molecule has 134 valence electrons. The van der Waals surface area contributed by atoms with E-state index in [0.29, 0.717) is 40.4 Å². The molecule has 4 rings (SSSR count). The number of nitrogens with zero attached hydrogens (tertiary/aromatic N) is 4. The summed E-state index contributed by atoms with van der Waals surface area (Å²) < 4.78 is 7.44. The van der Waals surface area contributed by atoms with Gasteiger partial charge in [0.2, 0.25) is 11.7 Å². The highest BCUT2D eigenvalue weighted by atomic mass is 79.9. The summed E-state index contributed by atoms with van der Waals surface area (Å²) in [7, 11) is 0. The molecule has 0 aromatic carbocycles. The number of carbonyl (C=O) groups is 2. The zero-order chi connectivity index (χ0) is 18.4. The molecule has 0 unspecified atom stereocenters. The lowest BCUT2D eigenvalue weighted by Crippen LogP contribution is -2.43. The maximum absolute atomic E-state index is 12.8.